The maximum atomic E-state index is 12.8. The summed E-state index contributed by atoms with van der Waals surface area (Å²) in [5, 5.41) is 0. The molecular weight excluding hydrogens is 757 g/mol. The summed E-state index contributed by atoms with van der Waals surface area (Å²) in [7, 11) is 0. The third-order valence-electron chi connectivity index (χ3n) is 11.6. The van der Waals surface area contributed by atoms with Crippen LogP contribution in [-0.4, -0.2) is 37.2 Å². The molecule has 0 aliphatic heterocycles. The van der Waals surface area contributed by atoms with E-state index >= 15 is 0 Å². The molecule has 0 saturated carbocycles. The second-order valence-corrected chi connectivity index (χ2v) is 17.8. The molecule has 6 nitrogen and oxygen atoms in total. The fraction of sp³-hybridized carbons (Fsp3) is 0.836. The van der Waals surface area contributed by atoms with Crippen molar-refractivity contribution >= 4 is 17.9 Å². The lowest BCUT2D eigenvalue weighted by atomic mass is 10.0. The molecule has 0 fully saturated rings. The van der Waals surface area contributed by atoms with Crippen LogP contribution in [0.2, 0.25) is 0 Å². The average molecular weight is 857 g/mol. The second kappa shape index (κ2) is 50.3. The van der Waals surface area contributed by atoms with Crippen LogP contribution in [0.4, 0.5) is 0 Å². The van der Waals surface area contributed by atoms with Crippen molar-refractivity contribution in [2.24, 2.45) is 0 Å². The average Bonchev–Trinajstić information content (AvgIpc) is 3.26. The summed E-state index contributed by atoms with van der Waals surface area (Å²) in [6, 6.07) is 0. The maximum absolute atomic E-state index is 12.8. The van der Waals surface area contributed by atoms with Crippen molar-refractivity contribution < 1.29 is 28.6 Å². The number of hydrogen-bond acceptors (Lipinski definition) is 6. The fourth-order valence-corrected chi connectivity index (χ4v) is 7.59. The van der Waals surface area contributed by atoms with E-state index in [2.05, 4.69) is 57.2 Å². The van der Waals surface area contributed by atoms with Gasteiger partial charge in [-0.1, -0.05) is 218 Å². The number of hydrogen-bond donors (Lipinski definition) is 0. The highest BCUT2D eigenvalue weighted by atomic mass is 16.6. The fourth-order valence-electron chi connectivity index (χ4n) is 7.59. The van der Waals surface area contributed by atoms with Crippen LogP contribution >= 0.6 is 0 Å². The Morgan fingerprint density at radius 1 is 0.328 bits per heavy atom. The maximum Gasteiger partial charge on any atom is 0.306 e. The normalized spacial score (nSPS) is 12.2. The smallest absolute Gasteiger partial charge is 0.306 e. The molecule has 0 saturated heterocycles. The van der Waals surface area contributed by atoms with Gasteiger partial charge in [-0.3, -0.25) is 14.4 Å². The predicted octanol–water partition coefficient (Wildman–Crippen LogP) is 17.3. The molecule has 61 heavy (non-hydrogen) atoms. The summed E-state index contributed by atoms with van der Waals surface area (Å²) in [5.41, 5.74) is 0. The van der Waals surface area contributed by atoms with Gasteiger partial charge in [0, 0.05) is 19.3 Å². The third-order valence-corrected chi connectivity index (χ3v) is 11.6. The van der Waals surface area contributed by atoms with Crippen molar-refractivity contribution in [3.8, 4) is 0 Å². The van der Waals surface area contributed by atoms with Crippen molar-refractivity contribution in [3.05, 3.63) is 36.5 Å². The lowest BCUT2D eigenvalue weighted by Gasteiger charge is -2.18. The summed E-state index contributed by atoms with van der Waals surface area (Å²) in [6.45, 7) is 6.61. The molecule has 1 atom stereocenters. The minimum atomic E-state index is -0.778. The summed E-state index contributed by atoms with van der Waals surface area (Å²) in [5.74, 6) is -0.889. The largest absolute Gasteiger partial charge is 0.462 e. The molecule has 0 spiro atoms. The van der Waals surface area contributed by atoms with Crippen LogP contribution in [-0.2, 0) is 28.6 Å². The Labute approximate surface area is 378 Å². The van der Waals surface area contributed by atoms with E-state index in [9.17, 15) is 14.4 Å². The molecule has 0 aliphatic rings. The number of esters is 3. The molecule has 1 unspecified atom stereocenters. The van der Waals surface area contributed by atoms with Gasteiger partial charge < -0.3 is 14.2 Å². The van der Waals surface area contributed by atoms with E-state index < -0.39 is 6.10 Å². The Kier molecular flexibility index (Phi) is 48.3. The monoisotopic (exact) mass is 857 g/mol. The Hall–Kier alpha value is -2.37. The molecule has 356 valence electrons. The van der Waals surface area contributed by atoms with E-state index in [1.165, 1.54) is 154 Å². The first-order valence-electron chi connectivity index (χ1n) is 26.5. The first-order valence-corrected chi connectivity index (χ1v) is 26.5. The van der Waals surface area contributed by atoms with Gasteiger partial charge in [0.15, 0.2) is 6.10 Å². The molecule has 0 heterocycles. The van der Waals surface area contributed by atoms with E-state index in [-0.39, 0.29) is 31.1 Å². The van der Waals surface area contributed by atoms with Gasteiger partial charge in [-0.2, -0.15) is 0 Å². The molecule has 0 aliphatic carbocycles. The standard InChI is InChI=1S/C55H100O6/c1-4-7-10-13-16-19-22-25-27-30-33-36-39-42-45-48-54(57)60-51-52(50-59-53(56)47-44-41-38-35-32-29-24-21-18-15-12-9-6-3)61-55(58)49-46-43-40-37-34-31-28-26-23-20-17-14-11-8-5-2/h16,19,25-28,52H,4-15,17-18,20-24,29-51H2,1-3H3/b19-16-,27-25-,28-26-. The van der Waals surface area contributed by atoms with Crippen molar-refractivity contribution in [1.29, 1.82) is 0 Å². The predicted molar refractivity (Wildman–Crippen MR) is 261 cm³/mol. The zero-order chi connectivity index (χ0) is 44.4. The zero-order valence-electron chi connectivity index (χ0n) is 40.7. The highest BCUT2D eigenvalue weighted by molar-refractivity contribution is 5.71. The van der Waals surface area contributed by atoms with Gasteiger partial charge in [0.25, 0.3) is 0 Å². The van der Waals surface area contributed by atoms with Crippen molar-refractivity contribution in [1.82, 2.24) is 0 Å². The minimum absolute atomic E-state index is 0.0770. The van der Waals surface area contributed by atoms with Crippen LogP contribution in [0.25, 0.3) is 0 Å². The van der Waals surface area contributed by atoms with E-state index in [0.717, 1.165) is 83.5 Å². The molecule has 0 amide bonds. The van der Waals surface area contributed by atoms with Crippen molar-refractivity contribution in [3.63, 3.8) is 0 Å². The van der Waals surface area contributed by atoms with Crippen LogP contribution in [0.3, 0.4) is 0 Å². The molecule has 0 bridgehead atoms. The van der Waals surface area contributed by atoms with Gasteiger partial charge in [0.05, 0.1) is 0 Å². The van der Waals surface area contributed by atoms with Gasteiger partial charge >= 0.3 is 17.9 Å². The molecule has 0 aromatic rings. The van der Waals surface area contributed by atoms with Crippen molar-refractivity contribution in [2.45, 2.75) is 284 Å². The quantitative estimate of drug-likeness (QED) is 0.0262. The molecular formula is C55H100O6. The van der Waals surface area contributed by atoms with Gasteiger partial charge in [-0.05, 0) is 77.0 Å². The van der Waals surface area contributed by atoms with Crippen LogP contribution in [0.1, 0.15) is 278 Å². The first-order chi connectivity index (χ1) is 30.0. The minimum Gasteiger partial charge on any atom is -0.462 e. The summed E-state index contributed by atoms with van der Waals surface area (Å²) in [4.78, 5) is 38.0. The first kappa shape index (κ1) is 58.6. The summed E-state index contributed by atoms with van der Waals surface area (Å²) >= 11 is 0. The number of unbranched alkanes of at least 4 members (excludes halogenated alkanes) is 31. The van der Waals surface area contributed by atoms with E-state index in [4.69, 9.17) is 14.2 Å². The molecule has 0 rings (SSSR count). The number of carbonyl (C=O) groups excluding carboxylic acids is 3. The van der Waals surface area contributed by atoms with Gasteiger partial charge in [0.2, 0.25) is 0 Å². The van der Waals surface area contributed by atoms with Gasteiger partial charge in [0.1, 0.15) is 13.2 Å². The lowest BCUT2D eigenvalue weighted by Crippen LogP contribution is -2.30. The summed E-state index contributed by atoms with van der Waals surface area (Å²) in [6.07, 6.45) is 58.3. The SMILES string of the molecule is CCCCC/C=C\C/C=C\CCCCCCCC(=O)OCC(COC(=O)CCCCCCCCCCCCCCC)OC(=O)CCCCCCC/C=C\CCCCCCCC. The molecule has 6 heteroatoms. The second-order valence-electron chi connectivity index (χ2n) is 17.8. The number of ether oxygens (including phenoxy) is 3. The molecule has 0 N–H and O–H groups in total. The third kappa shape index (κ3) is 48.5. The van der Waals surface area contributed by atoms with Gasteiger partial charge in [-0.25, -0.2) is 0 Å². The van der Waals surface area contributed by atoms with Crippen LogP contribution in [0.5, 0.6) is 0 Å². The highest BCUT2D eigenvalue weighted by Crippen LogP contribution is 2.15. The number of rotatable bonds is 48. The molecule has 0 aromatic heterocycles. The van der Waals surface area contributed by atoms with Crippen LogP contribution in [0, 0.1) is 0 Å². The molecule has 0 aromatic carbocycles. The Bertz CT molecular complexity index is 1030. The van der Waals surface area contributed by atoms with E-state index in [0.29, 0.717) is 19.3 Å². The number of allylic oxidation sites excluding steroid dienone is 6. The van der Waals surface area contributed by atoms with E-state index in [1.807, 2.05) is 0 Å². The molecule has 0 radical (unpaired) electrons. The topological polar surface area (TPSA) is 78.9 Å². The Morgan fingerprint density at radius 3 is 0.951 bits per heavy atom. The summed E-state index contributed by atoms with van der Waals surface area (Å²) < 4.78 is 16.8. The Morgan fingerprint density at radius 2 is 0.590 bits per heavy atom. The number of carbonyl (C=O) groups is 3. The highest BCUT2D eigenvalue weighted by Gasteiger charge is 2.19. The van der Waals surface area contributed by atoms with Crippen LogP contribution in [0.15, 0.2) is 36.5 Å². The Balaban J connectivity index is 4.39. The van der Waals surface area contributed by atoms with Crippen molar-refractivity contribution in [2.75, 3.05) is 13.2 Å². The zero-order valence-corrected chi connectivity index (χ0v) is 40.7. The van der Waals surface area contributed by atoms with Gasteiger partial charge in [-0.15, -0.1) is 0 Å². The van der Waals surface area contributed by atoms with Crippen LogP contribution < -0.4 is 0 Å². The lowest BCUT2D eigenvalue weighted by molar-refractivity contribution is -0.167. The van der Waals surface area contributed by atoms with E-state index in [1.54, 1.807) is 0 Å².